The summed E-state index contributed by atoms with van der Waals surface area (Å²) in [5.41, 5.74) is 8.48. The van der Waals surface area contributed by atoms with Gasteiger partial charge in [-0.15, -0.1) is 5.10 Å². The standard InChI is InChI=1S/C29H41N7O5S/c1-16-11-12-18(13-22(16)36-25(30)23(33-35-36)27(38)31-17(2)28(3,4)5)26(37)32-20-14-19(29(6,7)8)15-21(24(20)41-9)34-42(10,39)40/h11-15,17,34H,30H2,1-10H3,(H,31,38)(H,32,37). The van der Waals surface area contributed by atoms with Crippen LogP contribution < -0.4 is 25.8 Å². The van der Waals surface area contributed by atoms with Crippen LogP contribution in [0.15, 0.2) is 30.3 Å². The van der Waals surface area contributed by atoms with Crippen molar-refractivity contribution >= 4 is 39.0 Å². The molecule has 228 valence electrons. The zero-order valence-corrected chi connectivity index (χ0v) is 26.6. The predicted molar refractivity (Wildman–Crippen MR) is 165 cm³/mol. The van der Waals surface area contributed by atoms with Crippen molar-refractivity contribution in [2.24, 2.45) is 5.41 Å². The molecule has 13 heteroatoms. The van der Waals surface area contributed by atoms with Gasteiger partial charge in [-0.05, 0) is 60.1 Å². The number of hydrogen-bond donors (Lipinski definition) is 4. The zero-order chi connectivity index (χ0) is 31.8. The summed E-state index contributed by atoms with van der Waals surface area (Å²) in [6.45, 7) is 15.7. The lowest BCUT2D eigenvalue weighted by atomic mass is 9.86. The Kier molecular flexibility index (Phi) is 8.97. The first-order valence-electron chi connectivity index (χ1n) is 13.4. The Morgan fingerprint density at radius 3 is 2.19 bits per heavy atom. The minimum absolute atomic E-state index is 0.0185. The SMILES string of the molecule is COc1c(NC(=O)c2ccc(C)c(-n3nnc(C(=O)NC(C)C(C)(C)C)c3N)c2)cc(C(C)(C)C)cc1NS(C)(=O)=O. The van der Waals surface area contributed by atoms with Crippen LogP contribution in [-0.4, -0.2) is 54.6 Å². The first-order valence-corrected chi connectivity index (χ1v) is 15.3. The number of methoxy groups -OCH3 is 1. The second kappa shape index (κ2) is 11.6. The zero-order valence-electron chi connectivity index (χ0n) is 25.8. The number of rotatable bonds is 8. The maximum absolute atomic E-state index is 13.5. The summed E-state index contributed by atoms with van der Waals surface area (Å²) in [6.07, 6.45) is 1.04. The highest BCUT2D eigenvalue weighted by molar-refractivity contribution is 7.92. The van der Waals surface area contributed by atoms with E-state index in [1.807, 2.05) is 55.4 Å². The third kappa shape index (κ3) is 7.38. The largest absolute Gasteiger partial charge is 0.492 e. The molecular weight excluding hydrogens is 558 g/mol. The van der Waals surface area contributed by atoms with Crippen LogP contribution in [-0.2, 0) is 15.4 Å². The lowest BCUT2D eigenvalue weighted by Gasteiger charge is -2.27. The number of nitrogens with two attached hydrogens (primary N) is 1. The molecule has 0 bridgehead atoms. The van der Waals surface area contributed by atoms with Gasteiger partial charge in [-0.3, -0.25) is 14.3 Å². The number of anilines is 3. The fourth-order valence-electron chi connectivity index (χ4n) is 3.93. The second-order valence-electron chi connectivity index (χ2n) is 12.5. The fraction of sp³-hybridized carbons (Fsp3) is 0.448. The maximum Gasteiger partial charge on any atom is 0.275 e. The molecule has 1 atom stereocenters. The van der Waals surface area contributed by atoms with Gasteiger partial charge < -0.3 is 21.1 Å². The topological polar surface area (TPSA) is 170 Å². The molecule has 3 rings (SSSR count). The Hall–Kier alpha value is -4.13. The first kappa shape index (κ1) is 32.4. The molecule has 1 aromatic heterocycles. The Morgan fingerprint density at radius 2 is 1.64 bits per heavy atom. The minimum atomic E-state index is -3.63. The molecule has 0 aliphatic rings. The van der Waals surface area contributed by atoms with Crippen molar-refractivity contribution < 1.29 is 22.7 Å². The molecule has 1 heterocycles. The molecule has 0 saturated carbocycles. The molecule has 2 amide bonds. The number of benzene rings is 2. The molecule has 0 saturated heterocycles. The molecule has 3 aromatic rings. The van der Waals surface area contributed by atoms with Gasteiger partial charge >= 0.3 is 0 Å². The first-order chi connectivity index (χ1) is 19.2. The molecular formula is C29H41N7O5S. The molecule has 5 N–H and O–H groups in total. The Balaban J connectivity index is 2.00. The van der Waals surface area contributed by atoms with Gasteiger partial charge in [-0.1, -0.05) is 52.8 Å². The number of carbonyl (C=O) groups is 2. The quantitative estimate of drug-likeness (QED) is 0.298. The number of aryl methyl sites for hydroxylation is 1. The highest BCUT2D eigenvalue weighted by atomic mass is 32.2. The van der Waals surface area contributed by atoms with E-state index in [4.69, 9.17) is 10.5 Å². The molecule has 42 heavy (non-hydrogen) atoms. The van der Waals surface area contributed by atoms with E-state index >= 15 is 0 Å². The van der Waals surface area contributed by atoms with Gasteiger partial charge in [-0.2, -0.15) is 4.68 Å². The fourth-order valence-corrected chi connectivity index (χ4v) is 4.48. The average molecular weight is 600 g/mol. The van der Waals surface area contributed by atoms with Crippen LogP contribution >= 0.6 is 0 Å². The molecule has 0 spiro atoms. The summed E-state index contributed by atoms with van der Waals surface area (Å²) < 4.78 is 33.4. The van der Waals surface area contributed by atoms with Gasteiger partial charge in [0.05, 0.1) is 30.4 Å². The molecule has 0 aliphatic carbocycles. The van der Waals surface area contributed by atoms with Crippen LogP contribution in [0.1, 0.15) is 80.4 Å². The summed E-state index contributed by atoms with van der Waals surface area (Å²) in [5.74, 6) is -0.737. The van der Waals surface area contributed by atoms with Crippen molar-refractivity contribution in [1.29, 1.82) is 0 Å². The summed E-state index contributed by atoms with van der Waals surface area (Å²) in [4.78, 5) is 26.4. The van der Waals surface area contributed by atoms with E-state index in [-0.39, 0.29) is 51.1 Å². The van der Waals surface area contributed by atoms with Crippen molar-refractivity contribution in [3.63, 3.8) is 0 Å². The molecule has 0 aliphatic heterocycles. The van der Waals surface area contributed by atoms with E-state index in [1.54, 1.807) is 30.3 Å². The van der Waals surface area contributed by atoms with Crippen molar-refractivity contribution in [2.45, 2.75) is 66.8 Å². The van der Waals surface area contributed by atoms with Crippen molar-refractivity contribution in [3.05, 3.63) is 52.7 Å². The Labute approximate surface area is 247 Å². The Morgan fingerprint density at radius 1 is 1.02 bits per heavy atom. The van der Waals surface area contributed by atoms with Crippen LogP contribution in [0.25, 0.3) is 5.69 Å². The number of nitrogens with one attached hydrogen (secondary N) is 3. The molecule has 1 unspecified atom stereocenters. The van der Waals surface area contributed by atoms with E-state index in [9.17, 15) is 18.0 Å². The summed E-state index contributed by atoms with van der Waals surface area (Å²) in [5, 5.41) is 13.9. The van der Waals surface area contributed by atoms with E-state index in [0.29, 0.717) is 5.69 Å². The highest BCUT2D eigenvalue weighted by Gasteiger charge is 2.27. The molecule has 2 aromatic carbocycles. The van der Waals surface area contributed by atoms with Gasteiger partial charge in [-0.25, -0.2) is 8.42 Å². The third-order valence-electron chi connectivity index (χ3n) is 6.97. The van der Waals surface area contributed by atoms with Crippen LogP contribution in [0.4, 0.5) is 17.2 Å². The maximum atomic E-state index is 13.5. The highest BCUT2D eigenvalue weighted by Crippen LogP contribution is 2.39. The number of ether oxygens (including phenoxy) is 1. The monoisotopic (exact) mass is 599 g/mol. The average Bonchev–Trinajstić information content (AvgIpc) is 3.23. The molecule has 0 fully saturated rings. The predicted octanol–water partition coefficient (Wildman–Crippen LogP) is 4.25. The van der Waals surface area contributed by atoms with Gasteiger partial charge in [0.2, 0.25) is 10.0 Å². The summed E-state index contributed by atoms with van der Waals surface area (Å²) in [6, 6.07) is 8.23. The number of sulfonamides is 1. The van der Waals surface area contributed by atoms with Crippen molar-refractivity contribution in [2.75, 3.05) is 29.1 Å². The molecule has 12 nitrogen and oxygen atoms in total. The smallest absolute Gasteiger partial charge is 0.275 e. The van der Waals surface area contributed by atoms with Crippen LogP contribution in [0.3, 0.4) is 0 Å². The van der Waals surface area contributed by atoms with Crippen LogP contribution in [0, 0.1) is 12.3 Å². The number of nitrogen functional groups attached to an aromatic ring is 1. The van der Waals surface area contributed by atoms with Crippen molar-refractivity contribution in [3.8, 4) is 11.4 Å². The normalized spacial score (nSPS) is 12.9. The van der Waals surface area contributed by atoms with Gasteiger partial charge in [0, 0.05) is 11.6 Å². The van der Waals surface area contributed by atoms with E-state index in [0.717, 1.165) is 17.4 Å². The van der Waals surface area contributed by atoms with E-state index in [2.05, 4.69) is 25.7 Å². The number of amides is 2. The van der Waals surface area contributed by atoms with Crippen LogP contribution in [0.2, 0.25) is 0 Å². The summed E-state index contributed by atoms with van der Waals surface area (Å²) in [7, 11) is -2.24. The number of aromatic nitrogens is 3. The van der Waals surface area contributed by atoms with E-state index in [1.165, 1.54) is 11.8 Å². The number of carbonyl (C=O) groups excluding carboxylic acids is 2. The van der Waals surface area contributed by atoms with Gasteiger partial charge in [0.1, 0.15) is 0 Å². The molecule has 0 radical (unpaired) electrons. The number of hydrogen-bond acceptors (Lipinski definition) is 8. The lowest BCUT2D eigenvalue weighted by Crippen LogP contribution is -2.41. The van der Waals surface area contributed by atoms with Crippen molar-refractivity contribution in [1.82, 2.24) is 20.3 Å². The second-order valence-corrected chi connectivity index (χ2v) is 14.2. The summed E-state index contributed by atoms with van der Waals surface area (Å²) >= 11 is 0. The lowest BCUT2D eigenvalue weighted by molar-refractivity contribution is 0.0905. The number of nitrogens with zero attached hydrogens (tertiary/aromatic N) is 3. The van der Waals surface area contributed by atoms with Crippen LogP contribution in [0.5, 0.6) is 5.75 Å². The van der Waals surface area contributed by atoms with Gasteiger partial charge in [0.25, 0.3) is 11.8 Å². The Bertz CT molecular complexity index is 1620. The van der Waals surface area contributed by atoms with E-state index < -0.39 is 21.8 Å². The van der Waals surface area contributed by atoms with Gasteiger partial charge in [0.15, 0.2) is 17.3 Å². The minimum Gasteiger partial charge on any atom is -0.492 e. The third-order valence-corrected chi connectivity index (χ3v) is 7.56.